The molecule has 1 unspecified atom stereocenters. The summed E-state index contributed by atoms with van der Waals surface area (Å²) >= 11 is 0. The third kappa shape index (κ3) is 3.42. The average Bonchev–Trinajstić information content (AvgIpc) is 3.13. The van der Waals surface area contributed by atoms with E-state index in [0.717, 1.165) is 57.4 Å². The van der Waals surface area contributed by atoms with Crippen LogP contribution in [0, 0.1) is 0 Å². The van der Waals surface area contributed by atoms with Crippen LogP contribution < -0.4 is 10.2 Å². The second-order valence-electron chi connectivity index (χ2n) is 6.44. The Labute approximate surface area is 142 Å². The number of anilines is 1. The van der Waals surface area contributed by atoms with Crippen LogP contribution in [0.15, 0.2) is 24.8 Å². The minimum Gasteiger partial charge on any atom is -0.378 e. The molecular weight excluding hydrogens is 304 g/mol. The summed E-state index contributed by atoms with van der Waals surface area (Å²) in [5.41, 5.74) is 1.12. The van der Waals surface area contributed by atoms with E-state index < -0.39 is 0 Å². The van der Waals surface area contributed by atoms with Crippen molar-refractivity contribution in [2.75, 3.05) is 37.7 Å². The van der Waals surface area contributed by atoms with Gasteiger partial charge in [-0.15, -0.1) is 0 Å². The highest BCUT2D eigenvalue weighted by atomic mass is 16.5. The van der Waals surface area contributed by atoms with Gasteiger partial charge in [0.1, 0.15) is 5.82 Å². The lowest BCUT2D eigenvalue weighted by atomic mass is 9.99. The molecule has 0 spiro atoms. The Kier molecular flexibility index (Phi) is 4.71. The van der Waals surface area contributed by atoms with Gasteiger partial charge >= 0.3 is 0 Å². The van der Waals surface area contributed by atoms with E-state index in [2.05, 4.69) is 35.9 Å². The zero-order valence-electron chi connectivity index (χ0n) is 13.9. The van der Waals surface area contributed by atoms with Crippen molar-refractivity contribution in [2.24, 2.45) is 0 Å². The van der Waals surface area contributed by atoms with Gasteiger partial charge in [-0.2, -0.15) is 0 Å². The Hall–Kier alpha value is -1.99. The summed E-state index contributed by atoms with van der Waals surface area (Å²) in [5.74, 6) is 2.52. The molecular formula is C17H24N6O. The van der Waals surface area contributed by atoms with Crippen LogP contribution in [0.3, 0.4) is 0 Å². The number of aromatic nitrogens is 4. The van der Waals surface area contributed by atoms with E-state index in [1.54, 1.807) is 0 Å². The highest BCUT2D eigenvalue weighted by Crippen LogP contribution is 2.24. The van der Waals surface area contributed by atoms with Crippen molar-refractivity contribution >= 4 is 5.95 Å². The fourth-order valence-electron chi connectivity index (χ4n) is 3.46. The molecule has 0 amide bonds. The Bertz CT molecular complexity index is 649. The monoisotopic (exact) mass is 328 g/mol. The van der Waals surface area contributed by atoms with Crippen molar-refractivity contribution in [1.29, 1.82) is 0 Å². The lowest BCUT2D eigenvalue weighted by molar-refractivity contribution is 0.122. The van der Waals surface area contributed by atoms with E-state index in [9.17, 15) is 0 Å². The maximum absolute atomic E-state index is 5.36. The van der Waals surface area contributed by atoms with Gasteiger partial charge < -0.3 is 19.5 Å². The molecule has 0 saturated carbocycles. The van der Waals surface area contributed by atoms with Crippen molar-refractivity contribution in [3.8, 4) is 0 Å². The maximum Gasteiger partial charge on any atom is 0.225 e. The predicted octanol–water partition coefficient (Wildman–Crippen LogP) is 1.18. The smallest absolute Gasteiger partial charge is 0.225 e. The highest BCUT2D eigenvalue weighted by molar-refractivity contribution is 5.30. The number of hydrogen-bond donors (Lipinski definition) is 1. The number of imidazole rings is 1. The summed E-state index contributed by atoms with van der Waals surface area (Å²) in [6.45, 7) is 6.08. The van der Waals surface area contributed by atoms with Crippen LogP contribution in [0.25, 0.3) is 0 Å². The first-order valence-electron chi connectivity index (χ1n) is 8.75. The quantitative estimate of drug-likeness (QED) is 0.889. The fraction of sp³-hybridized carbons (Fsp3) is 0.588. The van der Waals surface area contributed by atoms with E-state index in [-0.39, 0.29) is 0 Å². The molecule has 2 aliphatic heterocycles. The molecule has 1 saturated heterocycles. The summed E-state index contributed by atoms with van der Waals surface area (Å²) in [6.07, 6.45) is 10.3. The minimum atomic E-state index is 0.502. The molecule has 2 aromatic heterocycles. The highest BCUT2D eigenvalue weighted by Gasteiger charge is 2.20. The lowest BCUT2D eigenvalue weighted by Gasteiger charge is -2.26. The van der Waals surface area contributed by atoms with Gasteiger partial charge in [0.2, 0.25) is 5.95 Å². The Balaban J connectivity index is 1.29. The normalized spacial score (nSPS) is 20.8. The number of ether oxygens (including phenoxy) is 1. The van der Waals surface area contributed by atoms with E-state index in [1.807, 2.05) is 18.6 Å². The van der Waals surface area contributed by atoms with E-state index in [0.29, 0.717) is 5.92 Å². The first-order valence-corrected chi connectivity index (χ1v) is 8.75. The number of nitrogens with zero attached hydrogens (tertiary/aromatic N) is 5. The Morgan fingerprint density at radius 1 is 1.12 bits per heavy atom. The molecule has 1 atom stereocenters. The molecule has 4 rings (SSSR count). The van der Waals surface area contributed by atoms with E-state index in [1.165, 1.54) is 18.7 Å². The Morgan fingerprint density at radius 2 is 1.96 bits per heavy atom. The molecule has 7 nitrogen and oxygen atoms in total. The topological polar surface area (TPSA) is 68.1 Å². The van der Waals surface area contributed by atoms with Crippen molar-refractivity contribution in [2.45, 2.75) is 31.8 Å². The second-order valence-corrected chi connectivity index (χ2v) is 6.44. The minimum absolute atomic E-state index is 0.502. The van der Waals surface area contributed by atoms with Crippen molar-refractivity contribution in [3.63, 3.8) is 0 Å². The molecule has 4 heterocycles. The molecule has 1 fully saturated rings. The maximum atomic E-state index is 5.36. The standard InChI is InChI=1S/C17H24N6O/c1-2-15(16-19-3-5-22(16)4-1)13-18-10-14-11-20-17(21-12-14)23-6-8-24-9-7-23/h3,5,11-12,15,18H,1-2,4,6-10,13H2. The molecule has 0 bridgehead atoms. The van der Waals surface area contributed by atoms with Crippen LogP contribution in [0.4, 0.5) is 5.95 Å². The van der Waals surface area contributed by atoms with Crippen LogP contribution in [0.5, 0.6) is 0 Å². The molecule has 1 N–H and O–H groups in total. The summed E-state index contributed by atoms with van der Waals surface area (Å²) in [5, 5.41) is 3.53. The fourth-order valence-corrected chi connectivity index (χ4v) is 3.46. The first-order chi connectivity index (χ1) is 11.9. The first kappa shape index (κ1) is 15.5. The predicted molar refractivity (Wildman–Crippen MR) is 91.0 cm³/mol. The second kappa shape index (κ2) is 7.27. The number of morpholine rings is 1. The van der Waals surface area contributed by atoms with Crippen LogP contribution >= 0.6 is 0 Å². The van der Waals surface area contributed by atoms with Crippen molar-refractivity contribution in [3.05, 3.63) is 36.2 Å². The summed E-state index contributed by atoms with van der Waals surface area (Å²) in [4.78, 5) is 15.7. The van der Waals surface area contributed by atoms with Gasteiger partial charge in [-0.05, 0) is 12.8 Å². The zero-order valence-corrected chi connectivity index (χ0v) is 13.9. The van der Waals surface area contributed by atoms with Gasteiger partial charge in [-0.3, -0.25) is 0 Å². The van der Waals surface area contributed by atoms with Gasteiger partial charge in [0.15, 0.2) is 0 Å². The summed E-state index contributed by atoms with van der Waals surface area (Å²) in [6, 6.07) is 0. The third-order valence-electron chi connectivity index (χ3n) is 4.77. The van der Waals surface area contributed by atoms with E-state index >= 15 is 0 Å². The zero-order chi connectivity index (χ0) is 16.2. The van der Waals surface area contributed by atoms with Gasteiger partial charge in [0.05, 0.1) is 13.2 Å². The Morgan fingerprint density at radius 3 is 2.79 bits per heavy atom. The number of hydrogen-bond acceptors (Lipinski definition) is 6. The van der Waals surface area contributed by atoms with Crippen LogP contribution in [0.2, 0.25) is 0 Å². The van der Waals surface area contributed by atoms with Gasteiger partial charge in [0.25, 0.3) is 0 Å². The average molecular weight is 328 g/mol. The van der Waals surface area contributed by atoms with Crippen molar-refractivity contribution < 1.29 is 4.74 Å². The van der Waals surface area contributed by atoms with Gasteiger partial charge in [0, 0.05) is 69.0 Å². The SMILES string of the molecule is c1cn2c(n1)C(CNCc1cnc(N3CCOCC3)nc1)CCC2. The molecule has 0 radical (unpaired) electrons. The molecule has 0 aromatic carbocycles. The number of aryl methyl sites for hydroxylation is 1. The number of nitrogens with one attached hydrogen (secondary N) is 1. The third-order valence-corrected chi connectivity index (χ3v) is 4.77. The number of rotatable bonds is 5. The largest absolute Gasteiger partial charge is 0.378 e. The van der Waals surface area contributed by atoms with Gasteiger partial charge in [-0.1, -0.05) is 0 Å². The lowest BCUT2D eigenvalue weighted by Crippen LogP contribution is -2.37. The molecule has 0 aliphatic carbocycles. The molecule has 2 aliphatic rings. The summed E-state index contributed by atoms with van der Waals surface area (Å²) < 4.78 is 7.63. The van der Waals surface area contributed by atoms with Gasteiger partial charge in [-0.25, -0.2) is 15.0 Å². The molecule has 24 heavy (non-hydrogen) atoms. The van der Waals surface area contributed by atoms with Crippen molar-refractivity contribution in [1.82, 2.24) is 24.8 Å². The van der Waals surface area contributed by atoms with E-state index in [4.69, 9.17) is 4.74 Å². The summed E-state index contributed by atoms with van der Waals surface area (Å²) in [7, 11) is 0. The van der Waals surface area contributed by atoms with Crippen LogP contribution in [-0.2, 0) is 17.8 Å². The molecule has 7 heteroatoms. The molecule has 128 valence electrons. The van der Waals surface area contributed by atoms with Crippen LogP contribution in [0.1, 0.15) is 30.1 Å². The van der Waals surface area contributed by atoms with Crippen LogP contribution in [-0.4, -0.2) is 52.4 Å². The number of fused-ring (bicyclic) bond motifs is 1. The molecule has 2 aromatic rings.